The zero-order chi connectivity index (χ0) is 17.1. The van der Waals surface area contributed by atoms with E-state index >= 15 is 0 Å². The number of carbonyl (C=O) groups excluding carboxylic acids is 2. The lowest BCUT2D eigenvalue weighted by Gasteiger charge is -2.36. The molecule has 1 atom stereocenters. The first-order chi connectivity index (χ1) is 11.6. The summed E-state index contributed by atoms with van der Waals surface area (Å²) < 4.78 is 1.63. The summed E-state index contributed by atoms with van der Waals surface area (Å²) in [6.45, 7) is 5.11. The molecule has 1 unspecified atom stereocenters. The van der Waals surface area contributed by atoms with Gasteiger partial charge in [0.2, 0.25) is 5.91 Å². The maximum Gasteiger partial charge on any atom is 0.273 e. The summed E-state index contributed by atoms with van der Waals surface area (Å²) >= 11 is 0. The molecule has 1 aliphatic rings. The van der Waals surface area contributed by atoms with Gasteiger partial charge < -0.3 is 10.2 Å². The number of rotatable bonds is 4. The first kappa shape index (κ1) is 16.2. The van der Waals surface area contributed by atoms with Gasteiger partial charge in [-0.1, -0.05) is 32.0 Å². The van der Waals surface area contributed by atoms with Crippen molar-refractivity contribution >= 4 is 11.8 Å². The van der Waals surface area contributed by atoms with E-state index in [1.54, 1.807) is 21.8 Å². The number of piperazine rings is 1. The molecule has 1 aromatic carbocycles. The molecule has 6 nitrogen and oxygen atoms in total. The Kier molecular flexibility index (Phi) is 4.64. The average Bonchev–Trinajstić information content (AvgIpc) is 3.06. The van der Waals surface area contributed by atoms with Crippen LogP contribution in [0, 0.1) is 5.92 Å². The summed E-state index contributed by atoms with van der Waals surface area (Å²) in [4.78, 5) is 27.0. The lowest BCUT2D eigenvalue weighted by Crippen LogP contribution is -2.57. The van der Waals surface area contributed by atoms with E-state index in [4.69, 9.17) is 0 Å². The predicted octanol–water partition coefficient (Wildman–Crippen LogP) is 1.86. The van der Waals surface area contributed by atoms with Crippen LogP contribution in [0.25, 0.3) is 5.69 Å². The van der Waals surface area contributed by atoms with E-state index in [0.29, 0.717) is 31.1 Å². The van der Waals surface area contributed by atoms with Crippen LogP contribution in [0.5, 0.6) is 0 Å². The molecule has 2 amide bonds. The lowest BCUT2D eigenvalue weighted by atomic mass is 9.99. The van der Waals surface area contributed by atoms with Gasteiger partial charge in [0.15, 0.2) is 0 Å². The van der Waals surface area contributed by atoms with Crippen LogP contribution < -0.4 is 5.32 Å². The van der Waals surface area contributed by atoms with Crippen molar-refractivity contribution in [3.8, 4) is 5.69 Å². The summed E-state index contributed by atoms with van der Waals surface area (Å²) in [6, 6.07) is 10.8. The summed E-state index contributed by atoms with van der Waals surface area (Å²) in [5.41, 5.74) is 1.30. The Morgan fingerprint density at radius 2 is 2.04 bits per heavy atom. The third kappa shape index (κ3) is 3.18. The van der Waals surface area contributed by atoms with Crippen molar-refractivity contribution in [2.45, 2.75) is 26.3 Å². The average molecular weight is 326 g/mol. The number of hydrogen-bond acceptors (Lipinski definition) is 3. The molecular weight excluding hydrogens is 304 g/mol. The summed E-state index contributed by atoms with van der Waals surface area (Å²) in [6.07, 6.45) is 2.26. The molecule has 1 N–H and O–H groups in total. The first-order valence-electron chi connectivity index (χ1n) is 8.26. The van der Waals surface area contributed by atoms with E-state index in [-0.39, 0.29) is 11.8 Å². The molecule has 6 heteroatoms. The van der Waals surface area contributed by atoms with Gasteiger partial charge in [0.05, 0.1) is 11.9 Å². The van der Waals surface area contributed by atoms with Crippen molar-refractivity contribution in [2.24, 2.45) is 5.92 Å². The highest BCUT2D eigenvalue weighted by molar-refractivity contribution is 5.97. The maximum atomic E-state index is 13.1. The zero-order valence-electron chi connectivity index (χ0n) is 14.0. The highest BCUT2D eigenvalue weighted by atomic mass is 16.2. The van der Waals surface area contributed by atoms with E-state index < -0.39 is 6.04 Å². The van der Waals surface area contributed by atoms with Crippen LogP contribution in [0.4, 0.5) is 0 Å². The third-order valence-electron chi connectivity index (χ3n) is 4.15. The maximum absolute atomic E-state index is 13.1. The van der Waals surface area contributed by atoms with E-state index in [1.807, 2.05) is 30.3 Å². The van der Waals surface area contributed by atoms with Crippen molar-refractivity contribution in [1.82, 2.24) is 20.0 Å². The number of carbonyl (C=O) groups is 2. The van der Waals surface area contributed by atoms with E-state index in [0.717, 1.165) is 5.69 Å². The minimum atomic E-state index is -0.426. The van der Waals surface area contributed by atoms with Crippen molar-refractivity contribution in [2.75, 3.05) is 13.1 Å². The summed E-state index contributed by atoms with van der Waals surface area (Å²) in [5, 5.41) is 7.13. The Balaban J connectivity index is 1.91. The number of nitrogens with one attached hydrogen (secondary N) is 1. The second-order valence-corrected chi connectivity index (χ2v) is 6.40. The van der Waals surface area contributed by atoms with Gasteiger partial charge in [-0.15, -0.1) is 0 Å². The van der Waals surface area contributed by atoms with Crippen molar-refractivity contribution in [3.63, 3.8) is 0 Å². The number of benzene rings is 1. The number of hydrogen-bond donors (Lipinski definition) is 1. The van der Waals surface area contributed by atoms with Crippen LogP contribution >= 0.6 is 0 Å². The van der Waals surface area contributed by atoms with Crippen molar-refractivity contribution < 1.29 is 9.59 Å². The summed E-state index contributed by atoms with van der Waals surface area (Å²) in [7, 11) is 0. The van der Waals surface area contributed by atoms with Gasteiger partial charge in [0, 0.05) is 13.1 Å². The molecule has 0 radical (unpaired) electrons. The smallest absolute Gasteiger partial charge is 0.273 e. The van der Waals surface area contributed by atoms with Gasteiger partial charge in [-0.2, -0.15) is 5.10 Å². The molecule has 1 fully saturated rings. The number of amides is 2. The molecule has 0 bridgehead atoms. The first-order valence-corrected chi connectivity index (χ1v) is 8.26. The molecule has 0 saturated carbocycles. The van der Waals surface area contributed by atoms with Gasteiger partial charge in [0.25, 0.3) is 5.91 Å². The Morgan fingerprint density at radius 1 is 1.29 bits per heavy atom. The highest BCUT2D eigenvalue weighted by Gasteiger charge is 2.35. The topological polar surface area (TPSA) is 67.2 Å². The normalized spacial score (nSPS) is 17.9. The fraction of sp³-hybridized carbons (Fsp3) is 0.389. The van der Waals surface area contributed by atoms with E-state index in [9.17, 15) is 9.59 Å². The van der Waals surface area contributed by atoms with Crippen molar-refractivity contribution in [3.05, 3.63) is 48.3 Å². The Labute approximate surface area is 141 Å². The minimum Gasteiger partial charge on any atom is -0.353 e. The molecule has 0 aliphatic carbocycles. The molecule has 3 rings (SSSR count). The van der Waals surface area contributed by atoms with Gasteiger partial charge in [-0.05, 0) is 30.5 Å². The zero-order valence-corrected chi connectivity index (χ0v) is 14.0. The van der Waals surface area contributed by atoms with Gasteiger partial charge in [0.1, 0.15) is 11.7 Å². The number of aromatic nitrogens is 2. The second kappa shape index (κ2) is 6.86. The molecule has 2 aromatic rings. The van der Waals surface area contributed by atoms with Crippen LogP contribution in [-0.4, -0.2) is 45.6 Å². The highest BCUT2D eigenvalue weighted by Crippen LogP contribution is 2.19. The lowest BCUT2D eigenvalue weighted by molar-refractivity contribution is -0.128. The summed E-state index contributed by atoms with van der Waals surface area (Å²) in [5.74, 6) is 0.0964. The minimum absolute atomic E-state index is 0.0749. The van der Waals surface area contributed by atoms with Crippen LogP contribution in [0.15, 0.2) is 42.6 Å². The number of nitrogens with zero attached hydrogens (tertiary/aromatic N) is 3. The van der Waals surface area contributed by atoms with Crippen LogP contribution in [-0.2, 0) is 4.79 Å². The number of para-hydroxylation sites is 1. The fourth-order valence-corrected chi connectivity index (χ4v) is 3.03. The Hall–Kier alpha value is -2.63. The molecule has 0 spiro atoms. The van der Waals surface area contributed by atoms with Crippen LogP contribution in [0.1, 0.15) is 30.8 Å². The quantitative estimate of drug-likeness (QED) is 0.932. The Morgan fingerprint density at radius 3 is 2.75 bits per heavy atom. The third-order valence-corrected chi connectivity index (χ3v) is 4.15. The van der Waals surface area contributed by atoms with Crippen LogP contribution in [0.2, 0.25) is 0 Å². The predicted molar refractivity (Wildman–Crippen MR) is 90.9 cm³/mol. The molecule has 1 aliphatic heterocycles. The van der Waals surface area contributed by atoms with Crippen LogP contribution in [0.3, 0.4) is 0 Å². The molecule has 1 aromatic heterocycles. The van der Waals surface area contributed by atoms with E-state index in [1.165, 1.54) is 0 Å². The fourth-order valence-electron chi connectivity index (χ4n) is 3.03. The van der Waals surface area contributed by atoms with Gasteiger partial charge in [-0.25, -0.2) is 4.68 Å². The Bertz CT molecular complexity index is 724. The van der Waals surface area contributed by atoms with E-state index in [2.05, 4.69) is 24.3 Å². The monoisotopic (exact) mass is 326 g/mol. The molecular formula is C18H22N4O2. The van der Waals surface area contributed by atoms with Crippen molar-refractivity contribution in [1.29, 1.82) is 0 Å². The largest absolute Gasteiger partial charge is 0.353 e. The molecule has 1 saturated heterocycles. The molecule has 24 heavy (non-hydrogen) atoms. The van der Waals surface area contributed by atoms with Gasteiger partial charge >= 0.3 is 0 Å². The van der Waals surface area contributed by atoms with Gasteiger partial charge in [-0.3, -0.25) is 9.59 Å². The molecule has 2 heterocycles. The SMILES string of the molecule is CC(C)CC1C(=O)NCCN1C(=O)c1ccnn1-c1ccccc1. The standard InChI is InChI=1S/C18H22N4O2/c1-13(2)12-16-17(23)19-10-11-21(16)18(24)15-8-9-20-22(15)14-6-4-3-5-7-14/h3-9,13,16H,10-12H2,1-2H3,(H,19,23). The second-order valence-electron chi connectivity index (χ2n) is 6.40. The molecule has 126 valence electrons.